The Kier molecular flexibility index (Phi) is 6.10. The summed E-state index contributed by atoms with van der Waals surface area (Å²) in [5.74, 6) is -0.166. The molecule has 2 amide bonds. The Hall–Kier alpha value is -3.42. The molecule has 0 radical (unpaired) electrons. The van der Waals surface area contributed by atoms with E-state index in [1.54, 1.807) is 81.7 Å². The number of carbonyl (C=O) groups is 2. The summed E-state index contributed by atoms with van der Waals surface area (Å²) in [4.78, 5) is 35.3. The van der Waals surface area contributed by atoms with Crippen molar-refractivity contribution in [2.45, 2.75) is 26.4 Å². The third kappa shape index (κ3) is 4.99. The van der Waals surface area contributed by atoms with Crippen LogP contribution in [0.5, 0.6) is 11.8 Å². The molecule has 168 valence electrons. The fraction of sp³-hybridized carbons (Fsp3) is 0.167. The standard InChI is InChI=1S/C24H19Cl2N3O4/c1-24(2,3)33-23(31)29-19-13-16(26)5-7-17(19)18(21(29)30)12-14-11-15(25)6-8-20(14)32-22-27-9-4-10-28-22/h4-13H,1-3H3/b18-12+. The number of nitrogens with zero attached hydrogens (tertiary/aromatic N) is 3. The third-order valence-corrected chi connectivity index (χ3v) is 4.99. The van der Waals surface area contributed by atoms with Crippen LogP contribution >= 0.6 is 23.2 Å². The van der Waals surface area contributed by atoms with Crippen molar-refractivity contribution in [3.63, 3.8) is 0 Å². The van der Waals surface area contributed by atoms with Crippen LogP contribution in [-0.2, 0) is 9.53 Å². The second kappa shape index (κ2) is 8.84. The lowest BCUT2D eigenvalue weighted by Crippen LogP contribution is -2.38. The van der Waals surface area contributed by atoms with Gasteiger partial charge in [-0.3, -0.25) is 4.79 Å². The molecule has 9 heteroatoms. The lowest BCUT2D eigenvalue weighted by atomic mass is 10.0. The van der Waals surface area contributed by atoms with Gasteiger partial charge in [0.2, 0.25) is 0 Å². The minimum Gasteiger partial charge on any atom is -0.443 e. The van der Waals surface area contributed by atoms with E-state index in [0.717, 1.165) is 4.90 Å². The van der Waals surface area contributed by atoms with E-state index in [4.69, 9.17) is 32.7 Å². The van der Waals surface area contributed by atoms with Crippen LogP contribution in [0.1, 0.15) is 31.9 Å². The largest absolute Gasteiger partial charge is 0.443 e. The van der Waals surface area contributed by atoms with Crippen LogP contribution < -0.4 is 9.64 Å². The SMILES string of the molecule is CC(C)(C)OC(=O)N1C(=O)/C(=C/c2cc(Cl)ccc2Oc2ncccn2)c2ccc(Cl)cc21. The number of hydrogen-bond acceptors (Lipinski definition) is 6. The quantitative estimate of drug-likeness (QED) is 0.401. The van der Waals surface area contributed by atoms with Gasteiger partial charge in [-0.05, 0) is 63.2 Å². The molecule has 0 N–H and O–H groups in total. The predicted octanol–water partition coefficient (Wildman–Crippen LogP) is 6.40. The molecule has 7 nitrogen and oxygen atoms in total. The maximum absolute atomic E-state index is 13.4. The Balaban J connectivity index is 1.80. The van der Waals surface area contributed by atoms with Crippen LogP contribution in [0.15, 0.2) is 54.9 Å². The highest BCUT2D eigenvalue weighted by atomic mass is 35.5. The average Bonchev–Trinajstić information content (AvgIpc) is 3.00. The number of amides is 2. The predicted molar refractivity (Wildman–Crippen MR) is 127 cm³/mol. The molecule has 2 heterocycles. The van der Waals surface area contributed by atoms with Crippen molar-refractivity contribution >= 4 is 52.5 Å². The summed E-state index contributed by atoms with van der Waals surface area (Å²) < 4.78 is 11.2. The molecule has 3 aromatic rings. The summed E-state index contributed by atoms with van der Waals surface area (Å²) in [7, 11) is 0. The van der Waals surface area contributed by atoms with Crippen LogP contribution in [0.4, 0.5) is 10.5 Å². The van der Waals surface area contributed by atoms with Crippen molar-refractivity contribution in [3.8, 4) is 11.8 Å². The Morgan fingerprint density at radius 2 is 1.70 bits per heavy atom. The molecule has 0 bridgehead atoms. The van der Waals surface area contributed by atoms with Gasteiger partial charge in [0.05, 0.1) is 11.3 Å². The average molecular weight is 484 g/mol. The van der Waals surface area contributed by atoms with Gasteiger partial charge in [-0.2, -0.15) is 0 Å². The zero-order valence-corrected chi connectivity index (χ0v) is 19.5. The van der Waals surface area contributed by atoms with E-state index in [1.165, 1.54) is 0 Å². The third-order valence-electron chi connectivity index (χ3n) is 4.52. The highest BCUT2D eigenvalue weighted by Gasteiger charge is 2.39. The second-order valence-corrected chi connectivity index (χ2v) is 9.03. The summed E-state index contributed by atoms with van der Waals surface area (Å²) in [5, 5.41) is 0.818. The van der Waals surface area contributed by atoms with Crippen LogP contribution in [0.3, 0.4) is 0 Å². The van der Waals surface area contributed by atoms with Gasteiger partial charge < -0.3 is 9.47 Å². The normalized spacial score (nSPS) is 14.4. The number of halogens is 2. The summed E-state index contributed by atoms with van der Waals surface area (Å²) in [5.41, 5.74) is 0.839. The van der Waals surface area contributed by atoms with Crippen molar-refractivity contribution in [3.05, 3.63) is 76.0 Å². The number of imide groups is 1. The lowest BCUT2D eigenvalue weighted by Gasteiger charge is -2.23. The molecule has 1 aromatic heterocycles. The first-order chi connectivity index (χ1) is 15.6. The van der Waals surface area contributed by atoms with Crippen molar-refractivity contribution in [2.75, 3.05) is 4.90 Å². The molecule has 0 aliphatic carbocycles. The zero-order valence-electron chi connectivity index (χ0n) is 18.0. The molecular weight excluding hydrogens is 465 g/mol. The number of carbonyl (C=O) groups excluding carboxylic acids is 2. The summed E-state index contributed by atoms with van der Waals surface area (Å²) >= 11 is 12.4. The van der Waals surface area contributed by atoms with Gasteiger partial charge >= 0.3 is 12.1 Å². The van der Waals surface area contributed by atoms with Crippen molar-refractivity contribution < 1.29 is 19.1 Å². The van der Waals surface area contributed by atoms with E-state index in [2.05, 4.69) is 9.97 Å². The Labute approximate surface area is 200 Å². The highest BCUT2D eigenvalue weighted by molar-refractivity contribution is 6.42. The number of hydrogen-bond donors (Lipinski definition) is 0. The second-order valence-electron chi connectivity index (χ2n) is 8.16. The van der Waals surface area contributed by atoms with E-state index in [9.17, 15) is 9.59 Å². The van der Waals surface area contributed by atoms with Crippen molar-refractivity contribution in [1.82, 2.24) is 9.97 Å². The number of anilines is 1. The van der Waals surface area contributed by atoms with Crippen molar-refractivity contribution in [1.29, 1.82) is 0 Å². The molecule has 1 aliphatic rings. The fourth-order valence-electron chi connectivity index (χ4n) is 3.21. The number of benzene rings is 2. The monoisotopic (exact) mass is 483 g/mol. The molecule has 33 heavy (non-hydrogen) atoms. The van der Waals surface area contributed by atoms with Crippen LogP contribution in [0, 0.1) is 0 Å². The van der Waals surface area contributed by atoms with Crippen LogP contribution in [0.25, 0.3) is 11.6 Å². The van der Waals surface area contributed by atoms with Crippen LogP contribution in [-0.4, -0.2) is 27.6 Å². The molecular formula is C24H19Cl2N3O4. The van der Waals surface area contributed by atoms with Gasteiger partial charge in [0.15, 0.2) is 0 Å². The molecule has 0 unspecified atom stereocenters. The van der Waals surface area contributed by atoms with Gasteiger partial charge in [0.25, 0.3) is 5.91 Å². The maximum Gasteiger partial charge on any atom is 0.422 e. The summed E-state index contributed by atoms with van der Waals surface area (Å²) in [6.07, 6.45) is 3.91. The summed E-state index contributed by atoms with van der Waals surface area (Å²) in [6, 6.07) is 11.6. The molecule has 0 atom stereocenters. The highest BCUT2D eigenvalue weighted by Crippen LogP contribution is 2.41. The number of aromatic nitrogens is 2. The molecule has 0 saturated carbocycles. The minimum atomic E-state index is -0.792. The molecule has 0 spiro atoms. The Morgan fingerprint density at radius 1 is 1.03 bits per heavy atom. The molecule has 0 fully saturated rings. The van der Waals surface area contributed by atoms with E-state index in [0.29, 0.717) is 32.6 Å². The van der Waals surface area contributed by atoms with Gasteiger partial charge in [0.1, 0.15) is 11.4 Å². The molecule has 2 aromatic carbocycles. The van der Waals surface area contributed by atoms with Gasteiger partial charge in [-0.25, -0.2) is 19.7 Å². The van der Waals surface area contributed by atoms with Gasteiger partial charge in [0, 0.05) is 33.6 Å². The van der Waals surface area contributed by atoms with E-state index < -0.39 is 17.6 Å². The number of rotatable bonds is 3. The minimum absolute atomic E-state index is 0.139. The molecule has 1 aliphatic heterocycles. The first-order valence-electron chi connectivity index (χ1n) is 9.96. The van der Waals surface area contributed by atoms with Crippen LogP contribution in [0.2, 0.25) is 10.0 Å². The smallest absolute Gasteiger partial charge is 0.422 e. The number of ether oxygens (including phenoxy) is 2. The molecule has 0 saturated heterocycles. The molecule has 4 rings (SSSR count). The zero-order chi connectivity index (χ0) is 23.8. The Morgan fingerprint density at radius 3 is 2.39 bits per heavy atom. The summed E-state index contributed by atoms with van der Waals surface area (Å²) in [6.45, 7) is 5.17. The van der Waals surface area contributed by atoms with E-state index >= 15 is 0 Å². The van der Waals surface area contributed by atoms with Crippen molar-refractivity contribution in [2.24, 2.45) is 0 Å². The topological polar surface area (TPSA) is 81.6 Å². The van der Waals surface area contributed by atoms with Gasteiger partial charge in [-0.1, -0.05) is 29.3 Å². The lowest BCUT2D eigenvalue weighted by molar-refractivity contribution is -0.112. The van der Waals surface area contributed by atoms with E-state index in [-0.39, 0.29) is 11.6 Å². The maximum atomic E-state index is 13.4. The fourth-order valence-corrected chi connectivity index (χ4v) is 3.55. The first kappa shape index (κ1) is 22.8. The van der Waals surface area contributed by atoms with Gasteiger partial charge in [-0.15, -0.1) is 0 Å². The van der Waals surface area contributed by atoms with E-state index in [1.807, 2.05) is 0 Å². The Bertz CT molecular complexity index is 1270. The first-order valence-corrected chi connectivity index (χ1v) is 10.7. The number of fused-ring (bicyclic) bond motifs is 1.